The largest absolute Gasteiger partial charge is 0.390 e. The Morgan fingerprint density at radius 3 is 2.67 bits per heavy atom. The summed E-state index contributed by atoms with van der Waals surface area (Å²) < 4.78 is 0. The first-order valence-corrected chi connectivity index (χ1v) is 13.0. The van der Waals surface area contributed by atoms with E-state index in [0.29, 0.717) is 30.2 Å². The van der Waals surface area contributed by atoms with Crippen LogP contribution in [0, 0.1) is 11.8 Å². The van der Waals surface area contributed by atoms with E-state index in [1.165, 1.54) is 6.42 Å². The average molecular weight is 486 g/mol. The molecule has 5 aliphatic rings. The molecule has 186 valence electrons. The van der Waals surface area contributed by atoms with Crippen molar-refractivity contribution in [3.63, 3.8) is 0 Å². The van der Waals surface area contributed by atoms with E-state index in [1.54, 1.807) is 6.20 Å². The summed E-state index contributed by atoms with van der Waals surface area (Å²) in [4.78, 5) is 21.9. The summed E-state index contributed by atoms with van der Waals surface area (Å²) in [6, 6.07) is 13.4. The first kappa shape index (κ1) is 22.0. The van der Waals surface area contributed by atoms with Crippen LogP contribution in [0.1, 0.15) is 55.7 Å². The lowest BCUT2D eigenvalue weighted by molar-refractivity contribution is -0.138. The maximum atomic E-state index is 13.0. The number of aliphatic hydroxyl groups is 2. The molecule has 8 nitrogen and oxygen atoms in total. The number of fused-ring (bicyclic) bond motifs is 2. The van der Waals surface area contributed by atoms with Crippen LogP contribution in [-0.2, 0) is 6.42 Å². The Balaban J connectivity index is 1.08. The minimum atomic E-state index is -0.631. The van der Waals surface area contributed by atoms with E-state index in [4.69, 9.17) is 0 Å². The van der Waals surface area contributed by atoms with Crippen LogP contribution in [-0.4, -0.2) is 43.5 Å². The lowest BCUT2D eigenvalue weighted by atomic mass is 9.51. The van der Waals surface area contributed by atoms with Crippen LogP contribution in [0.5, 0.6) is 0 Å². The van der Waals surface area contributed by atoms with Gasteiger partial charge in [0.1, 0.15) is 0 Å². The Morgan fingerprint density at radius 2 is 1.86 bits per heavy atom. The van der Waals surface area contributed by atoms with Gasteiger partial charge in [-0.2, -0.15) is 0 Å². The number of benzene rings is 2. The molecule has 3 aromatic rings. The first-order valence-electron chi connectivity index (χ1n) is 13.0. The smallest absolute Gasteiger partial charge is 0.322 e. The summed E-state index contributed by atoms with van der Waals surface area (Å²) in [5.74, 6) is 1.22. The fourth-order valence-electron chi connectivity index (χ4n) is 7.83. The third kappa shape index (κ3) is 3.79. The molecule has 4 fully saturated rings. The van der Waals surface area contributed by atoms with Gasteiger partial charge >= 0.3 is 6.03 Å². The Kier molecular flexibility index (Phi) is 4.82. The molecular weight excluding hydrogens is 454 g/mol. The van der Waals surface area contributed by atoms with Crippen LogP contribution in [0.4, 0.5) is 16.4 Å². The summed E-state index contributed by atoms with van der Waals surface area (Å²) in [5, 5.41) is 31.9. The fourth-order valence-corrected chi connectivity index (χ4v) is 7.83. The summed E-state index contributed by atoms with van der Waals surface area (Å²) in [6.07, 6.45) is 7.23. The van der Waals surface area contributed by atoms with Crippen molar-refractivity contribution in [3.8, 4) is 0 Å². The standard InChI is InChI=1S/C28H31N5O3/c34-23-8-18-3-1-2-4-21(18)24(23)30-20-6-5-19-14-29-25(31-22(19)9-20)32-26(35)33-27-10-16-7-17(11-27)13-28(36,12-16)15-27/h1-6,9,14,16-17,23-24,30,34,36H,7-8,10-13,15H2,(H2,29,31,32,33,35)/t16?,17?,23-,24?,27?,28?/m1/s1. The number of carbonyl (C=O) groups excluding carboxylic acids is 1. The number of nitrogens with zero attached hydrogens (tertiary/aromatic N) is 2. The predicted octanol–water partition coefficient (Wildman–Crippen LogP) is 3.91. The van der Waals surface area contributed by atoms with Gasteiger partial charge in [0.25, 0.3) is 0 Å². The number of aromatic nitrogens is 2. The lowest BCUT2D eigenvalue weighted by Crippen LogP contribution is -2.65. The van der Waals surface area contributed by atoms with E-state index in [9.17, 15) is 15.0 Å². The topological polar surface area (TPSA) is 119 Å². The summed E-state index contributed by atoms with van der Waals surface area (Å²) in [7, 11) is 0. The number of hydrogen-bond acceptors (Lipinski definition) is 6. The molecule has 36 heavy (non-hydrogen) atoms. The zero-order valence-electron chi connectivity index (χ0n) is 20.1. The molecule has 2 amide bonds. The van der Waals surface area contributed by atoms with Gasteiger partial charge in [0, 0.05) is 29.2 Å². The second-order valence-corrected chi connectivity index (χ2v) is 11.6. The van der Waals surface area contributed by atoms with E-state index in [0.717, 1.165) is 47.9 Å². The number of hydrogen-bond donors (Lipinski definition) is 5. The quantitative estimate of drug-likeness (QED) is 0.382. The average Bonchev–Trinajstić information content (AvgIpc) is 3.11. The Morgan fingerprint density at radius 1 is 1.06 bits per heavy atom. The highest BCUT2D eigenvalue weighted by atomic mass is 16.3. The van der Waals surface area contributed by atoms with Crippen LogP contribution in [0.25, 0.3) is 10.9 Å². The molecule has 0 aliphatic heterocycles. The zero-order valence-corrected chi connectivity index (χ0v) is 20.1. The van der Waals surface area contributed by atoms with Gasteiger partial charge in [0.05, 0.1) is 23.3 Å². The molecule has 1 heterocycles. The van der Waals surface area contributed by atoms with Gasteiger partial charge in [0.15, 0.2) is 0 Å². The number of rotatable bonds is 4. The van der Waals surface area contributed by atoms with Crippen molar-refractivity contribution in [1.82, 2.24) is 15.3 Å². The van der Waals surface area contributed by atoms with E-state index in [1.807, 2.05) is 30.3 Å². The molecule has 0 saturated heterocycles. The van der Waals surface area contributed by atoms with Crippen molar-refractivity contribution in [1.29, 1.82) is 0 Å². The molecule has 8 rings (SSSR count). The monoisotopic (exact) mass is 485 g/mol. The van der Waals surface area contributed by atoms with E-state index in [-0.39, 0.29) is 23.6 Å². The Labute approximate surface area is 209 Å². The van der Waals surface area contributed by atoms with E-state index >= 15 is 0 Å². The highest BCUT2D eigenvalue weighted by Crippen LogP contribution is 2.57. The van der Waals surface area contributed by atoms with Gasteiger partial charge in [-0.1, -0.05) is 24.3 Å². The van der Waals surface area contributed by atoms with Gasteiger partial charge in [-0.05, 0) is 79.7 Å². The SMILES string of the molecule is O=C(Nc1ncc2ccc(NC3c4ccccc4C[C@H]3O)cc2n1)NC12CC3CC(CC(O)(C3)C1)C2. The molecule has 3 unspecified atom stereocenters. The summed E-state index contributed by atoms with van der Waals surface area (Å²) in [5.41, 5.74) is 2.85. The van der Waals surface area contributed by atoms with Gasteiger partial charge in [0.2, 0.25) is 5.95 Å². The second-order valence-electron chi connectivity index (χ2n) is 11.6. The van der Waals surface area contributed by atoms with Gasteiger partial charge in [-0.15, -0.1) is 0 Å². The van der Waals surface area contributed by atoms with Crippen molar-refractivity contribution in [3.05, 3.63) is 59.8 Å². The van der Waals surface area contributed by atoms with Crippen molar-refractivity contribution in [2.24, 2.45) is 11.8 Å². The second kappa shape index (κ2) is 7.88. The van der Waals surface area contributed by atoms with Crippen molar-refractivity contribution < 1.29 is 15.0 Å². The molecule has 0 radical (unpaired) electrons. The van der Waals surface area contributed by atoms with Crippen molar-refractivity contribution in [2.45, 2.75) is 68.2 Å². The molecule has 4 bridgehead atoms. The number of urea groups is 1. The third-order valence-corrected chi connectivity index (χ3v) is 8.74. The number of nitrogens with one attached hydrogen (secondary N) is 3. The van der Waals surface area contributed by atoms with E-state index < -0.39 is 11.7 Å². The summed E-state index contributed by atoms with van der Waals surface area (Å²) >= 11 is 0. The normalized spacial score (nSPS) is 33.9. The molecule has 5 aliphatic carbocycles. The van der Waals surface area contributed by atoms with Crippen LogP contribution in [0.2, 0.25) is 0 Å². The summed E-state index contributed by atoms with van der Waals surface area (Å²) in [6.45, 7) is 0. The van der Waals surface area contributed by atoms with Crippen LogP contribution in [0.15, 0.2) is 48.7 Å². The third-order valence-electron chi connectivity index (χ3n) is 8.74. The highest BCUT2D eigenvalue weighted by molar-refractivity contribution is 5.90. The number of carbonyl (C=O) groups is 1. The van der Waals surface area contributed by atoms with Crippen molar-refractivity contribution >= 4 is 28.6 Å². The lowest BCUT2D eigenvalue weighted by Gasteiger charge is -2.60. The maximum Gasteiger partial charge on any atom is 0.322 e. The Hall–Kier alpha value is -3.23. The maximum absolute atomic E-state index is 13.0. The van der Waals surface area contributed by atoms with Crippen molar-refractivity contribution in [2.75, 3.05) is 10.6 Å². The highest BCUT2D eigenvalue weighted by Gasteiger charge is 2.57. The zero-order chi connectivity index (χ0) is 24.5. The minimum absolute atomic E-state index is 0.182. The van der Waals surface area contributed by atoms with E-state index in [2.05, 4.69) is 38.1 Å². The molecule has 0 spiro atoms. The minimum Gasteiger partial charge on any atom is -0.390 e. The van der Waals surface area contributed by atoms with Gasteiger partial charge in [-0.25, -0.2) is 14.8 Å². The molecule has 2 aromatic carbocycles. The molecular formula is C28H31N5O3. The molecule has 1 aromatic heterocycles. The fraction of sp³-hybridized carbons (Fsp3) is 0.464. The van der Waals surface area contributed by atoms with Crippen LogP contribution in [0.3, 0.4) is 0 Å². The van der Waals surface area contributed by atoms with Gasteiger partial charge < -0.3 is 20.8 Å². The van der Waals surface area contributed by atoms with Gasteiger partial charge in [-0.3, -0.25) is 5.32 Å². The predicted molar refractivity (Wildman–Crippen MR) is 137 cm³/mol. The van der Waals surface area contributed by atoms with Crippen LogP contribution >= 0.6 is 0 Å². The Bertz CT molecular complexity index is 1350. The number of aliphatic hydroxyl groups excluding tert-OH is 1. The number of amides is 2. The van der Waals surface area contributed by atoms with Crippen LogP contribution < -0.4 is 16.0 Å². The molecule has 8 heteroatoms. The number of anilines is 2. The molecule has 4 atom stereocenters. The first-order chi connectivity index (χ1) is 17.4. The molecule has 5 N–H and O–H groups in total. The molecule has 4 saturated carbocycles.